The molecule has 1 N–H and O–H groups in total. The van der Waals surface area contributed by atoms with Gasteiger partial charge in [-0.15, -0.1) is 0 Å². The molecule has 1 fully saturated rings. The third-order valence-corrected chi connectivity index (χ3v) is 4.73. The van der Waals surface area contributed by atoms with Crippen LogP contribution in [-0.2, 0) is 17.9 Å². The molecular weight excluding hydrogens is 336 g/mol. The van der Waals surface area contributed by atoms with Crippen LogP contribution in [-0.4, -0.2) is 30.5 Å². The Hall–Kier alpha value is -2.59. The van der Waals surface area contributed by atoms with Crippen LogP contribution in [0.25, 0.3) is 6.08 Å². The summed E-state index contributed by atoms with van der Waals surface area (Å²) in [5, 5.41) is 2.94. The van der Waals surface area contributed by atoms with Crippen molar-refractivity contribution in [3.8, 4) is 5.75 Å². The van der Waals surface area contributed by atoms with Gasteiger partial charge in [-0.1, -0.05) is 42.5 Å². The van der Waals surface area contributed by atoms with Crippen LogP contribution in [0.3, 0.4) is 0 Å². The van der Waals surface area contributed by atoms with E-state index in [4.69, 9.17) is 4.74 Å². The van der Waals surface area contributed by atoms with Gasteiger partial charge in [0.1, 0.15) is 5.75 Å². The van der Waals surface area contributed by atoms with Crippen molar-refractivity contribution < 1.29 is 9.53 Å². The van der Waals surface area contributed by atoms with Gasteiger partial charge in [0.25, 0.3) is 0 Å². The van der Waals surface area contributed by atoms with Crippen LogP contribution < -0.4 is 10.1 Å². The summed E-state index contributed by atoms with van der Waals surface area (Å²) >= 11 is 0. The first kappa shape index (κ1) is 19.2. The van der Waals surface area contributed by atoms with Gasteiger partial charge < -0.3 is 10.1 Å². The lowest BCUT2D eigenvalue weighted by atomic mass is 10.1. The topological polar surface area (TPSA) is 41.6 Å². The molecule has 2 aromatic carbocycles. The van der Waals surface area contributed by atoms with Gasteiger partial charge in [0.15, 0.2) is 0 Å². The van der Waals surface area contributed by atoms with Crippen molar-refractivity contribution in [3.63, 3.8) is 0 Å². The van der Waals surface area contributed by atoms with Gasteiger partial charge in [-0.2, -0.15) is 0 Å². The van der Waals surface area contributed by atoms with Gasteiger partial charge in [0, 0.05) is 24.7 Å². The fraction of sp³-hybridized carbons (Fsp3) is 0.348. The molecule has 1 aliphatic heterocycles. The van der Waals surface area contributed by atoms with E-state index < -0.39 is 0 Å². The number of ether oxygens (including phenoxy) is 1. The average molecular weight is 364 g/mol. The first-order valence-corrected chi connectivity index (χ1v) is 9.72. The van der Waals surface area contributed by atoms with Crippen molar-refractivity contribution in [2.75, 3.05) is 19.7 Å². The molecule has 1 amide bonds. The van der Waals surface area contributed by atoms with Gasteiger partial charge in [0.05, 0.1) is 6.61 Å². The van der Waals surface area contributed by atoms with E-state index in [9.17, 15) is 4.79 Å². The summed E-state index contributed by atoms with van der Waals surface area (Å²) in [7, 11) is 0. The Balaban J connectivity index is 1.48. The third-order valence-electron chi connectivity index (χ3n) is 4.73. The molecule has 0 saturated carbocycles. The molecule has 142 valence electrons. The highest BCUT2D eigenvalue weighted by Gasteiger charge is 2.11. The maximum Gasteiger partial charge on any atom is 0.244 e. The van der Waals surface area contributed by atoms with Crippen LogP contribution in [0.4, 0.5) is 0 Å². The van der Waals surface area contributed by atoms with Crippen molar-refractivity contribution in [1.29, 1.82) is 0 Å². The third kappa shape index (κ3) is 5.97. The molecule has 0 bridgehead atoms. The Morgan fingerprint density at radius 1 is 1.07 bits per heavy atom. The van der Waals surface area contributed by atoms with E-state index in [0.717, 1.165) is 23.4 Å². The summed E-state index contributed by atoms with van der Waals surface area (Å²) in [5.41, 5.74) is 3.34. The van der Waals surface area contributed by atoms with Crippen molar-refractivity contribution in [2.45, 2.75) is 32.9 Å². The summed E-state index contributed by atoms with van der Waals surface area (Å²) in [5.74, 6) is 0.681. The summed E-state index contributed by atoms with van der Waals surface area (Å²) in [4.78, 5) is 14.6. The summed E-state index contributed by atoms with van der Waals surface area (Å²) in [6, 6.07) is 16.2. The first-order chi connectivity index (χ1) is 13.2. The second-order valence-electron chi connectivity index (χ2n) is 6.82. The minimum atomic E-state index is -0.109. The minimum Gasteiger partial charge on any atom is -0.493 e. The molecule has 1 heterocycles. The van der Waals surface area contributed by atoms with Gasteiger partial charge >= 0.3 is 0 Å². The zero-order valence-electron chi connectivity index (χ0n) is 16.0. The molecule has 1 aliphatic rings. The number of nitrogens with zero attached hydrogens (tertiary/aromatic N) is 1. The maximum atomic E-state index is 12.1. The number of nitrogens with one attached hydrogen (secondary N) is 1. The smallest absolute Gasteiger partial charge is 0.244 e. The number of rotatable bonds is 8. The van der Waals surface area contributed by atoms with Crippen molar-refractivity contribution in [2.24, 2.45) is 0 Å². The maximum absolute atomic E-state index is 12.1. The lowest BCUT2D eigenvalue weighted by molar-refractivity contribution is -0.116. The van der Waals surface area contributed by atoms with E-state index in [0.29, 0.717) is 13.2 Å². The van der Waals surface area contributed by atoms with Gasteiger partial charge in [0.2, 0.25) is 5.91 Å². The lowest BCUT2D eigenvalue weighted by Crippen LogP contribution is -2.20. The van der Waals surface area contributed by atoms with Gasteiger partial charge in [-0.05, 0) is 56.1 Å². The summed E-state index contributed by atoms with van der Waals surface area (Å²) < 4.78 is 5.57. The van der Waals surface area contributed by atoms with Crippen LogP contribution in [0, 0.1) is 0 Å². The highest BCUT2D eigenvalue weighted by atomic mass is 16.5. The molecular formula is C23H28N2O2. The van der Waals surface area contributed by atoms with Gasteiger partial charge in [-0.3, -0.25) is 9.69 Å². The number of para-hydroxylation sites is 1. The molecule has 4 nitrogen and oxygen atoms in total. The fourth-order valence-corrected chi connectivity index (χ4v) is 3.28. The number of amides is 1. The molecule has 1 saturated heterocycles. The molecule has 2 aromatic rings. The van der Waals surface area contributed by atoms with E-state index in [1.165, 1.54) is 31.5 Å². The average Bonchev–Trinajstić information content (AvgIpc) is 3.20. The number of hydrogen-bond acceptors (Lipinski definition) is 3. The molecule has 0 atom stereocenters. The molecule has 0 unspecified atom stereocenters. The van der Waals surface area contributed by atoms with Gasteiger partial charge in [-0.25, -0.2) is 0 Å². The fourth-order valence-electron chi connectivity index (χ4n) is 3.28. The predicted molar refractivity (Wildman–Crippen MR) is 109 cm³/mol. The number of benzene rings is 2. The highest BCUT2D eigenvalue weighted by Crippen LogP contribution is 2.19. The van der Waals surface area contributed by atoms with E-state index in [2.05, 4.69) is 34.5 Å². The molecule has 0 aliphatic carbocycles. The molecule has 0 radical (unpaired) electrons. The molecule has 3 rings (SSSR count). The molecule has 0 aromatic heterocycles. The van der Waals surface area contributed by atoms with Crippen LogP contribution in [0.1, 0.15) is 36.5 Å². The second-order valence-corrected chi connectivity index (χ2v) is 6.82. The lowest BCUT2D eigenvalue weighted by Gasteiger charge is -2.14. The zero-order chi connectivity index (χ0) is 18.9. The largest absolute Gasteiger partial charge is 0.493 e. The monoisotopic (exact) mass is 364 g/mol. The first-order valence-electron chi connectivity index (χ1n) is 9.72. The Kier molecular flexibility index (Phi) is 7.05. The Morgan fingerprint density at radius 2 is 1.78 bits per heavy atom. The van der Waals surface area contributed by atoms with Crippen molar-refractivity contribution >= 4 is 12.0 Å². The number of carbonyl (C=O) groups excluding carboxylic acids is 1. The number of hydrogen-bond donors (Lipinski definition) is 1. The molecule has 4 heteroatoms. The standard InChI is InChI=1S/C23H28N2O2/c1-2-27-22-8-4-3-7-21(22)13-14-23(26)24-17-19-9-11-20(12-10-19)18-25-15-5-6-16-25/h3-4,7-14H,2,5-6,15-18H2,1H3,(H,24,26)/b14-13+. The van der Waals surface area contributed by atoms with Crippen molar-refractivity contribution in [3.05, 3.63) is 71.3 Å². The summed E-state index contributed by atoms with van der Waals surface area (Å²) in [6.07, 6.45) is 5.97. The van der Waals surface area contributed by atoms with Crippen LogP contribution in [0.2, 0.25) is 0 Å². The van der Waals surface area contributed by atoms with Crippen LogP contribution >= 0.6 is 0 Å². The second kappa shape index (κ2) is 9.93. The quantitative estimate of drug-likeness (QED) is 0.720. The highest BCUT2D eigenvalue weighted by molar-refractivity contribution is 5.92. The van der Waals surface area contributed by atoms with Crippen LogP contribution in [0.5, 0.6) is 5.75 Å². The Morgan fingerprint density at radius 3 is 2.52 bits per heavy atom. The zero-order valence-corrected chi connectivity index (χ0v) is 16.0. The SMILES string of the molecule is CCOc1ccccc1/C=C/C(=O)NCc1ccc(CN2CCCC2)cc1. The Labute approximate surface area is 161 Å². The normalized spacial score (nSPS) is 14.6. The van der Waals surface area contributed by atoms with E-state index >= 15 is 0 Å². The molecule has 27 heavy (non-hydrogen) atoms. The van der Waals surface area contributed by atoms with E-state index in [1.807, 2.05) is 31.2 Å². The number of carbonyl (C=O) groups is 1. The minimum absolute atomic E-state index is 0.109. The van der Waals surface area contributed by atoms with E-state index in [-0.39, 0.29) is 5.91 Å². The van der Waals surface area contributed by atoms with Crippen molar-refractivity contribution in [1.82, 2.24) is 10.2 Å². The van der Waals surface area contributed by atoms with Crippen LogP contribution in [0.15, 0.2) is 54.6 Å². The molecule has 0 spiro atoms. The van der Waals surface area contributed by atoms with E-state index in [1.54, 1.807) is 12.2 Å². The number of likely N-dealkylation sites (tertiary alicyclic amines) is 1. The predicted octanol–water partition coefficient (Wildman–Crippen LogP) is 4.01. The summed E-state index contributed by atoms with van der Waals surface area (Å²) in [6.45, 7) is 6.51. The Bertz CT molecular complexity index is 762.